The van der Waals surface area contributed by atoms with Crippen molar-refractivity contribution in [1.29, 1.82) is 0 Å². The maximum atomic E-state index is 12.3. The highest BCUT2D eigenvalue weighted by Crippen LogP contribution is 2.33. The average Bonchev–Trinajstić information content (AvgIpc) is 2.78. The number of fused-ring (bicyclic) bond motifs is 1. The fraction of sp³-hybridized carbons (Fsp3) is 0.423. The highest BCUT2D eigenvalue weighted by atomic mass is 16.6. The van der Waals surface area contributed by atoms with Gasteiger partial charge in [0.25, 0.3) is 0 Å². The summed E-state index contributed by atoms with van der Waals surface area (Å²) < 4.78 is 11.1. The Labute approximate surface area is 189 Å². The third kappa shape index (κ3) is 5.18. The molecule has 4 rings (SSSR count). The number of hydrogen-bond donors (Lipinski definition) is 0. The van der Waals surface area contributed by atoms with Crippen molar-refractivity contribution in [3.63, 3.8) is 0 Å². The van der Waals surface area contributed by atoms with Gasteiger partial charge in [-0.1, -0.05) is 24.3 Å². The van der Waals surface area contributed by atoms with Crippen LogP contribution >= 0.6 is 0 Å². The van der Waals surface area contributed by atoms with Crippen LogP contribution in [0.3, 0.4) is 0 Å². The van der Waals surface area contributed by atoms with Crippen LogP contribution in [-0.2, 0) is 11.2 Å². The van der Waals surface area contributed by atoms with Crippen LogP contribution in [0.1, 0.15) is 39.3 Å². The van der Waals surface area contributed by atoms with E-state index in [0.29, 0.717) is 5.92 Å². The lowest BCUT2D eigenvalue weighted by Crippen LogP contribution is -2.42. The Hall–Kier alpha value is -3.15. The highest BCUT2D eigenvalue weighted by Gasteiger charge is 2.27. The summed E-state index contributed by atoms with van der Waals surface area (Å²) in [6.07, 6.45) is 2.54. The first-order valence-corrected chi connectivity index (χ1v) is 11.2. The van der Waals surface area contributed by atoms with Crippen LogP contribution < -0.4 is 4.74 Å². The number of carbonyl (C=O) groups is 1. The van der Waals surface area contributed by atoms with E-state index in [2.05, 4.69) is 34.5 Å². The van der Waals surface area contributed by atoms with Gasteiger partial charge in [0.2, 0.25) is 0 Å². The van der Waals surface area contributed by atoms with E-state index < -0.39 is 5.60 Å². The zero-order chi connectivity index (χ0) is 22.7. The van der Waals surface area contributed by atoms with Crippen molar-refractivity contribution in [3.05, 3.63) is 54.2 Å². The van der Waals surface area contributed by atoms with Gasteiger partial charge in [0.05, 0.1) is 18.5 Å². The Morgan fingerprint density at radius 1 is 1.03 bits per heavy atom. The minimum absolute atomic E-state index is 0.218. The smallest absolute Gasteiger partial charge is 0.410 e. The predicted octanol–water partition coefficient (Wildman–Crippen LogP) is 5.50. The Morgan fingerprint density at radius 2 is 1.72 bits per heavy atom. The molecule has 1 amide bonds. The Kier molecular flexibility index (Phi) is 6.31. The standard InChI is InChI=1S/C26H31N3O3/c1-26(2,3)32-25(30)29-13-11-18(12-14-29)15-21-9-10-23(28-27-21)22-16-19-7-5-6-8-20(19)17-24(22)31-4/h5-10,16-18H,11-15H2,1-4H3. The lowest BCUT2D eigenvalue weighted by atomic mass is 9.92. The van der Waals surface area contributed by atoms with Crippen LogP contribution in [0.25, 0.3) is 22.0 Å². The second kappa shape index (κ2) is 9.15. The number of methoxy groups -OCH3 is 1. The molecule has 0 atom stereocenters. The van der Waals surface area contributed by atoms with Gasteiger partial charge >= 0.3 is 6.09 Å². The first-order valence-electron chi connectivity index (χ1n) is 11.2. The van der Waals surface area contributed by atoms with E-state index in [4.69, 9.17) is 9.47 Å². The molecule has 1 aliphatic heterocycles. The molecule has 1 saturated heterocycles. The summed E-state index contributed by atoms with van der Waals surface area (Å²) in [5.41, 5.74) is 2.26. The molecule has 32 heavy (non-hydrogen) atoms. The van der Waals surface area contributed by atoms with Crippen molar-refractivity contribution in [1.82, 2.24) is 15.1 Å². The molecule has 0 radical (unpaired) electrons. The van der Waals surface area contributed by atoms with E-state index in [1.807, 2.05) is 49.9 Å². The predicted molar refractivity (Wildman–Crippen MR) is 126 cm³/mol. The largest absolute Gasteiger partial charge is 0.496 e. The first kappa shape index (κ1) is 22.1. The SMILES string of the molecule is COc1cc2ccccc2cc1-c1ccc(CC2CCN(C(=O)OC(C)(C)C)CC2)nn1. The van der Waals surface area contributed by atoms with E-state index in [1.54, 1.807) is 7.11 Å². The molecule has 0 saturated carbocycles. The summed E-state index contributed by atoms with van der Waals surface area (Å²) >= 11 is 0. The first-order chi connectivity index (χ1) is 15.3. The number of amides is 1. The van der Waals surface area contributed by atoms with Crippen LogP contribution in [0.4, 0.5) is 4.79 Å². The third-order valence-corrected chi connectivity index (χ3v) is 5.83. The van der Waals surface area contributed by atoms with E-state index in [0.717, 1.165) is 65.8 Å². The lowest BCUT2D eigenvalue weighted by molar-refractivity contribution is 0.0184. The fourth-order valence-corrected chi connectivity index (χ4v) is 4.14. The topological polar surface area (TPSA) is 64.5 Å². The monoisotopic (exact) mass is 433 g/mol. The van der Waals surface area contributed by atoms with Gasteiger partial charge in [-0.15, -0.1) is 0 Å². The molecule has 6 nitrogen and oxygen atoms in total. The van der Waals surface area contributed by atoms with Crippen molar-refractivity contribution in [2.24, 2.45) is 5.92 Å². The second-order valence-electron chi connectivity index (χ2n) is 9.42. The Bertz CT molecular complexity index is 1080. The number of nitrogens with zero attached hydrogens (tertiary/aromatic N) is 3. The quantitative estimate of drug-likeness (QED) is 0.544. The number of likely N-dealkylation sites (tertiary alicyclic amines) is 1. The molecule has 2 aromatic carbocycles. The average molecular weight is 434 g/mol. The van der Waals surface area contributed by atoms with Gasteiger partial charge in [-0.05, 0) is 81.0 Å². The van der Waals surface area contributed by atoms with Gasteiger partial charge < -0.3 is 14.4 Å². The van der Waals surface area contributed by atoms with Gasteiger partial charge in [-0.25, -0.2) is 4.79 Å². The van der Waals surface area contributed by atoms with E-state index in [1.165, 1.54) is 0 Å². The van der Waals surface area contributed by atoms with Gasteiger partial charge in [-0.2, -0.15) is 10.2 Å². The van der Waals surface area contributed by atoms with Crippen LogP contribution in [0.5, 0.6) is 5.75 Å². The molecule has 3 aromatic rings. The Balaban J connectivity index is 1.40. The number of aromatic nitrogens is 2. The zero-order valence-electron chi connectivity index (χ0n) is 19.3. The van der Waals surface area contributed by atoms with Crippen molar-refractivity contribution >= 4 is 16.9 Å². The maximum absolute atomic E-state index is 12.3. The molecule has 0 bridgehead atoms. The summed E-state index contributed by atoms with van der Waals surface area (Å²) in [6, 6.07) is 16.4. The third-order valence-electron chi connectivity index (χ3n) is 5.83. The highest BCUT2D eigenvalue weighted by molar-refractivity contribution is 5.90. The number of piperidine rings is 1. The van der Waals surface area contributed by atoms with Gasteiger partial charge in [0.1, 0.15) is 11.4 Å². The van der Waals surface area contributed by atoms with E-state index >= 15 is 0 Å². The number of hydrogen-bond acceptors (Lipinski definition) is 5. The summed E-state index contributed by atoms with van der Waals surface area (Å²) in [5.74, 6) is 1.28. The summed E-state index contributed by atoms with van der Waals surface area (Å²) in [6.45, 7) is 7.13. The molecule has 0 N–H and O–H groups in total. The molecular formula is C26H31N3O3. The summed E-state index contributed by atoms with van der Waals surface area (Å²) in [4.78, 5) is 14.1. The number of carbonyl (C=O) groups excluding carboxylic acids is 1. The van der Waals surface area contributed by atoms with Crippen molar-refractivity contribution < 1.29 is 14.3 Å². The van der Waals surface area contributed by atoms with Crippen LogP contribution in [-0.4, -0.2) is 47.0 Å². The minimum Gasteiger partial charge on any atom is -0.496 e. The molecule has 1 fully saturated rings. The maximum Gasteiger partial charge on any atom is 0.410 e. The van der Waals surface area contributed by atoms with Crippen LogP contribution in [0.15, 0.2) is 48.5 Å². The lowest BCUT2D eigenvalue weighted by Gasteiger charge is -2.33. The van der Waals surface area contributed by atoms with E-state index in [9.17, 15) is 4.79 Å². The van der Waals surface area contributed by atoms with Crippen molar-refractivity contribution in [2.75, 3.05) is 20.2 Å². The van der Waals surface area contributed by atoms with Gasteiger partial charge in [-0.3, -0.25) is 0 Å². The fourth-order valence-electron chi connectivity index (χ4n) is 4.14. The number of benzene rings is 2. The van der Waals surface area contributed by atoms with Gasteiger partial charge in [0.15, 0.2) is 0 Å². The van der Waals surface area contributed by atoms with E-state index in [-0.39, 0.29) is 6.09 Å². The second-order valence-corrected chi connectivity index (χ2v) is 9.42. The van der Waals surface area contributed by atoms with Crippen LogP contribution in [0, 0.1) is 5.92 Å². The molecular weight excluding hydrogens is 402 g/mol. The normalized spacial score (nSPS) is 15.1. The Morgan fingerprint density at radius 3 is 2.31 bits per heavy atom. The van der Waals surface area contributed by atoms with Crippen molar-refractivity contribution in [3.8, 4) is 17.0 Å². The molecule has 2 heterocycles. The van der Waals surface area contributed by atoms with Crippen molar-refractivity contribution in [2.45, 2.75) is 45.6 Å². The zero-order valence-corrected chi connectivity index (χ0v) is 19.3. The number of ether oxygens (including phenoxy) is 2. The molecule has 168 valence electrons. The van der Waals surface area contributed by atoms with Crippen LogP contribution in [0.2, 0.25) is 0 Å². The molecule has 1 aromatic heterocycles. The number of rotatable bonds is 4. The minimum atomic E-state index is -0.459. The summed E-state index contributed by atoms with van der Waals surface area (Å²) in [5, 5.41) is 11.3. The summed E-state index contributed by atoms with van der Waals surface area (Å²) in [7, 11) is 1.68. The molecule has 6 heteroatoms. The van der Waals surface area contributed by atoms with Gasteiger partial charge in [0, 0.05) is 18.7 Å². The molecule has 0 aliphatic carbocycles. The molecule has 1 aliphatic rings. The molecule has 0 spiro atoms. The molecule has 0 unspecified atom stereocenters.